The van der Waals surface area contributed by atoms with E-state index in [4.69, 9.17) is 5.26 Å². The summed E-state index contributed by atoms with van der Waals surface area (Å²) in [6, 6.07) is 8.55. The Hall–Kier alpha value is -2.19. The van der Waals surface area contributed by atoms with Crippen LogP contribution in [0.3, 0.4) is 0 Å². The predicted octanol–water partition coefficient (Wildman–Crippen LogP) is 2.58. The number of thiazole rings is 1. The van der Waals surface area contributed by atoms with E-state index in [9.17, 15) is 4.79 Å². The van der Waals surface area contributed by atoms with Gasteiger partial charge in [0.25, 0.3) is 5.91 Å². The molecule has 1 heterocycles. The van der Waals surface area contributed by atoms with Gasteiger partial charge in [-0.05, 0) is 25.1 Å². The number of carbonyl (C=O) groups is 1. The van der Waals surface area contributed by atoms with Crippen molar-refractivity contribution >= 4 is 22.4 Å². The molecule has 1 aromatic heterocycles. The number of carbonyl (C=O) groups excluding carboxylic acids is 1. The average molecular weight is 243 g/mol. The van der Waals surface area contributed by atoms with E-state index in [1.54, 1.807) is 24.3 Å². The van der Waals surface area contributed by atoms with Crippen LogP contribution in [0, 0.1) is 18.3 Å². The summed E-state index contributed by atoms with van der Waals surface area (Å²) in [6.07, 6.45) is 0. The Labute approximate surface area is 103 Å². The first-order chi connectivity index (χ1) is 8.19. The Morgan fingerprint density at radius 3 is 3.00 bits per heavy atom. The molecule has 0 aliphatic carbocycles. The summed E-state index contributed by atoms with van der Waals surface area (Å²) in [5.41, 5.74) is 1.79. The Morgan fingerprint density at radius 1 is 1.53 bits per heavy atom. The molecule has 0 spiro atoms. The number of anilines is 1. The second-order valence-corrected chi connectivity index (χ2v) is 4.30. The van der Waals surface area contributed by atoms with E-state index >= 15 is 0 Å². The number of aryl methyl sites for hydroxylation is 1. The molecule has 4 nitrogen and oxygen atoms in total. The third kappa shape index (κ3) is 2.68. The molecular weight excluding hydrogens is 234 g/mol. The lowest BCUT2D eigenvalue weighted by molar-refractivity contribution is 0.102. The molecule has 17 heavy (non-hydrogen) atoms. The molecule has 2 rings (SSSR count). The molecule has 1 aromatic carbocycles. The number of hydrogen-bond acceptors (Lipinski definition) is 4. The summed E-state index contributed by atoms with van der Waals surface area (Å²) in [6.45, 7) is 1.86. The Bertz CT molecular complexity index is 598. The number of hydrogen-bond donors (Lipinski definition) is 1. The van der Waals surface area contributed by atoms with Crippen LogP contribution in [-0.4, -0.2) is 10.9 Å². The van der Waals surface area contributed by atoms with Crippen molar-refractivity contribution in [3.05, 3.63) is 46.5 Å². The van der Waals surface area contributed by atoms with E-state index in [-0.39, 0.29) is 5.91 Å². The normalized spacial score (nSPS) is 9.65. The molecule has 0 saturated carbocycles. The minimum Gasteiger partial charge on any atom is -0.298 e. The van der Waals surface area contributed by atoms with Crippen LogP contribution < -0.4 is 5.32 Å². The van der Waals surface area contributed by atoms with Crippen LogP contribution in [0.2, 0.25) is 0 Å². The van der Waals surface area contributed by atoms with Crippen molar-refractivity contribution in [2.75, 3.05) is 5.32 Å². The molecule has 0 saturated heterocycles. The first kappa shape index (κ1) is 11.3. The maximum Gasteiger partial charge on any atom is 0.257 e. The average Bonchev–Trinajstić information content (AvgIpc) is 2.75. The molecule has 0 radical (unpaired) electrons. The molecule has 84 valence electrons. The SMILES string of the molecule is Cc1csc(NC(=O)c2cccc(C#N)c2)n1. The molecule has 2 aromatic rings. The lowest BCUT2D eigenvalue weighted by Gasteiger charge is -2.01. The number of nitrogens with zero attached hydrogens (tertiary/aromatic N) is 2. The first-order valence-electron chi connectivity index (χ1n) is 4.92. The van der Waals surface area contributed by atoms with Gasteiger partial charge in [0.2, 0.25) is 0 Å². The van der Waals surface area contributed by atoms with Crippen LogP contribution >= 0.6 is 11.3 Å². The Morgan fingerprint density at radius 2 is 2.35 bits per heavy atom. The summed E-state index contributed by atoms with van der Waals surface area (Å²) < 4.78 is 0. The fraction of sp³-hybridized carbons (Fsp3) is 0.0833. The van der Waals surface area contributed by atoms with E-state index in [2.05, 4.69) is 10.3 Å². The fourth-order valence-electron chi connectivity index (χ4n) is 1.31. The van der Waals surface area contributed by atoms with Crippen LogP contribution in [0.5, 0.6) is 0 Å². The maximum atomic E-state index is 11.8. The number of rotatable bonds is 2. The van der Waals surface area contributed by atoms with Crippen molar-refractivity contribution in [3.63, 3.8) is 0 Å². The number of benzene rings is 1. The smallest absolute Gasteiger partial charge is 0.257 e. The van der Waals surface area contributed by atoms with E-state index in [1.165, 1.54) is 11.3 Å². The van der Waals surface area contributed by atoms with E-state index in [1.807, 2.05) is 18.4 Å². The van der Waals surface area contributed by atoms with Crippen molar-refractivity contribution in [2.45, 2.75) is 6.92 Å². The number of amides is 1. The largest absolute Gasteiger partial charge is 0.298 e. The topological polar surface area (TPSA) is 65.8 Å². The highest BCUT2D eigenvalue weighted by Crippen LogP contribution is 2.15. The highest BCUT2D eigenvalue weighted by atomic mass is 32.1. The summed E-state index contributed by atoms with van der Waals surface area (Å²) in [7, 11) is 0. The lowest BCUT2D eigenvalue weighted by atomic mass is 10.1. The zero-order valence-corrected chi connectivity index (χ0v) is 9.91. The molecule has 0 atom stereocenters. The van der Waals surface area contributed by atoms with E-state index < -0.39 is 0 Å². The molecule has 1 amide bonds. The number of nitriles is 1. The van der Waals surface area contributed by atoms with Crippen LogP contribution in [0.25, 0.3) is 0 Å². The van der Waals surface area contributed by atoms with Gasteiger partial charge in [-0.25, -0.2) is 4.98 Å². The second-order valence-electron chi connectivity index (χ2n) is 3.44. The summed E-state index contributed by atoms with van der Waals surface area (Å²) >= 11 is 1.37. The molecule has 0 aliphatic heterocycles. The van der Waals surface area contributed by atoms with Crippen molar-refractivity contribution < 1.29 is 4.79 Å². The Balaban J connectivity index is 2.17. The van der Waals surface area contributed by atoms with Gasteiger partial charge in [0.15, 0.2) is 5.13 Å². The monoisotopic (exact) mass is 243 g/mol. The third-order valence-corrected chi connectivity index (χ3v) is 2.97. The quantitative estimate of drug-likeness (QED) is 0.881. The highest BCUT2D eigenvalue weighted by molar-refractivity contribution is 7.13. The van der Waals surface area contributed by atoms with Gasteiger partial charge in [-0.2, -0.15) is 5.26 Å². The molecular formula is C12H9N3OS. The molecule has 0 aliphatic rings. The van der Waals surface area contributed by atoms with Gasteiger partial charge in [0, 0.05) is 10.9 Å². The zero-order chi connectivity index (χ0) is 12.3. The van der Waals surface area contributed by atoms with Crippen LogP contribution in [0.4, 0.5) is 5.13 Å². The van der Waals surface area contributed by atoms with Crippen molar-refractivity contribution in [1.82, 2.24) is 4.98 Å². The van der Waals surface area contributed by atoms with Crippen LogP contribution in [0.15, 0.2) is 29.6 Å². The van der Waals surface area contributed by atoms with E-state index in [0.29, 0.717) is 16.3 Å². The van der Waals surface area contributed by atoms with Gasteiger partial charge < -0.3 is 0 Å². The standard InChI is InChI=1S/C12H9N3OS/c1-8-7-17-12(14-8)15-11(16)10-4-2-3-9(5-10)6-13/h2-5,7H,1H3,(H,14,15,16). The summed E-state index contributed by atoms with van der Waals surface area (Å²) in [5.74, 6) is -0.253. The molecule has 0 fully saturated rings. The second kappa shape index (κ2) is 4.76. The number of aromatic nitrogens is 1. The van der Waals surface area contributed by atoms with E-state index in [0.717, 1.165) is 5.69 Å². The van der Waals surface area contributed by atoms with Gasteiger partial charge in [-0.3, -0.25) is 10.1 Å². The Kier molecular flexibility index (Phi) is 3.17. The minimum atomic E-state index is -0.253. The van der Waals surface area contributed by atoms with Crippen LogP contribution in [-0.2, 0) is 0 Å². The van der Waals surface area contributed by atoms with Gasteiger partial charge >= 0.3 is 0 Å². The van der Waals surface area contributed by atoms with Crippen molar-refractivity contribution in [2.24, 2.45) is 0 Å². The molecule has 5 heteroatoms. The van der Waals surface area contributed by atoms with Gasteiger partial charge in [0.05, 0.1) is 17.3 Å². The van der Waals surface area contributed by atoms with Gasteiger partial charge in [-0.1, -0.05) is 6.07 Å². The van der Waals surface area contributed by atoms with Crippen molar-refractivity contribution in [3.8, 4) is 6.07 Å². The molecule has 1 N–H and O–H groups in total. The van der Waals surface area contributed by atoms with Crippen molar-refractivity contribution in [1.29, 1.82) is 5.26 Å². The number of nitrogens with one attached hydrogen (secondary N) is 1. The highest BCUT2D eigenvalue weighted by Gasteiger charge is 2.08. The maximum absolute atomic E-state index is 11.8. The predicted molar refractivity (Wildman–Crippen MR) is 66.0 cm³/mol. The van der Waals surface area contributed by atoms with Crippen LogP contribution in [0.1, 0.15) is 21.6 Å². The summed E-state index contributed by atoms with van der Waals surface area (Å²) in [4.78, 5) is 16.0. The molecule has 0 bridgehead atoms. The first-order valence-corrected chi connectivity index (χ1v) is 5.80. The minimum absolute atomic E-state index is 0.253. The third-order valence-electron chi connectivity index (χ3n) is 2.09. The molecule has 0 unspecified atom stereocenters. The lowest BCUT2D eigenvalue weighted by Crippen LogP contribution is -2.11. The fourth-order valence-corrected chi connectivity index (χ4v) is 1.99. The zero-order valence-electron chi connectivity index (χ0n) is 9.10. The van der Waals surface area contributed by atoms with Gasteiger partial charge in [0.1, 0.15) is 0 Å². The summed E-state index contributed by atoms with van der Waals surface area (Å²) in [5, 5.41) is 13.9. The van der Waals surface area contributed by atoms with Gasteiger partial charge in [-0.15, -0.1) is 11.3 Å².